The number of likely N-dealkylation sites (tertiary alicyclic amines) is 1. The molecule has 0 radical (unpaired) electrons. The average Bonchev–Trinajstić information content (AvgIpc) is 3.42. The molecule has 1 amide bonds. The predicted molar refractivity (Wildman–Crippen MR) is 115 cm³/mol. The maximum absolute atomic E-state index is 13.2. The summed E-state index contributed by atoms with van der Waals surface area (Å²) in [6.45, 7) is 4.44. The van der Waals surface area contributed by atoms with Gasteiger partial charge in [0.05, 0.1) is 5.52 Å². The normalized spacial score (nSPS) is 20.0. The first kappa shape index (κ1) is 19.3. The van der Waals surface area contributed by atoms with Gasteiger partial charge in [-0.05, 0) is 37.8 Å². The molecular formula is C23H30N6O. The second kappa shape index (κ2) is 7.85. The van der Waals surface area contributed by atoms with Crippen molar-refractivity contribution in [1.29, 1.82) is 0 Å². The van der Waals surface area contributed by atoms with Crippen LogP contribution in [0.3, 0.4) is 0 Å². The van der Waals surface area contributed by atoms with Gasteiger partial charge in [0.15, 0.2) is 0 Å². The van der Waals surface area contributed by atoms with Crippen molar-refractivity contribution in [1.82, 2.24) is 29.4 Å². The molecule has 3 aromatic rings. The zero-order valence-corrected chi connectivity index (χ0v) is 17.7. The van der Waals surface area contributed by atoms with E-state index in [1.165, 1.54) is 19.3 Å². The second-order valence-corrected chi connectivity index (χ2v) is 9.16. The van der Waals surface area contributed by atoms with Gasteiger partial charge in [-0.1, -0.05) is 43.5 Å². The fourth-order valence-corrected chi connectivity index (χ4v) is 5.23. The van der Waals surface area contributed by atoms with E-state index in [2.05, 4.69) is 31.7 Å². The third-order valence-corrected chi connectivity index (χ3v) is 7.07. The van der Waals surface area contributed by atoms with Crippen molar-refractivity contribution in [2.45, 2.75) is 64.5 Å². The van der Waals surface area contributed by atoms with E-state index in [-0.39, 0.29) is 5.41 Å². The molecule has 158 valence electrons. The highest BCUT2D eigenvalue weighted by molar-refractivity contribution is 5.82. The third kappa shape index (κ3) is 3.50. The number of fused-ring (bicyclic) bond motifs is 1. The Bertz CT molecular complexity index is 1020. The van der Waals surface area contributed by atoms with Gasteiger partial charge in [-0.15, -0.1) is 5.10 Å². The van der Waals surface area contributed by atoms with E-state index in [4.69, 9.17) is 0 Å². The minimum Gasteiger partial charge on any atom is -0.342 e. The summed E-state index contributed by atoms with van der Waals surface area (Å²) in [5.74, 6) is 1.83. The summed E-state index contributed by atoms with van der Waals surface area (Å²) >= 11 is 0. The Kier molecular flexibility index (Phi) is 5.05. The number of para-hydroxylation sites is 1. The number of nitrogens with zero attached hydrogens (tertiary/aromatic N) is 6. The number of piperidine rings is 1. The number of imidazole rings is 1. The van der Waals surface area contributed by atoms with Crippen LogP contribution in [0.4, 0.5) is 0 Å². The van der Waals surface area contributed by atoms with Crippen LogP contribution in [0, 0.1) is 5.41 Å². The van der Waals surface area contributed by atoms with Crippen LogP contribution in [-0.4, -0.2) is 48.4 Å². The number of rotatable bonds is 4. The molecule has 1 saturated heterocycles. The molecule has 2 fully saturated rings. The molecule has 0 atom stereocenters. The lowest BCUT2D eigenvalue weighted by molar-refractivity contribution is -0.144. The predicted octanol–water partition coefficient (Wildman–Crippen LogP) is 3.81. The van der Waals surface area contributed by atoms with E-state index in [1.807, 2.05) is 41.3 Å². The summed E-state index contributed by atoms with van der Waals surface area (Å²) < 4.78 is 4.09. The lowest BCUT2D eigenvalue weighted by atomic mass is 9.74. The number of hydrogen-bond donors (Lipinski definition) is 0. The molecule has 7 nitrogen and oxygen atoms in total. The summed E-state index contributed by atoms with van der Waals surface area (Å²) in [7, 11) is 0. The van der Waals surface area contributed by atoms with Gasteiger partial charge in [-0.2, -0.15) is 0 Å². The minimum atomic E-state index is -0.141. The Hall–Kier alpha value is -2.70. The van der Waals surface area contributed by atoms with Crippen LogP contribution in [-0.2, 0) is 11.5 Å². The van der Waals surface area contributed by atoms with Crippen molar-refractivity contribution in [3.8, 4) is 0 Å². The molecular weight excluding hydrogens is 376 g/mol. The van der Waals surface area contributed by atoms with Gasteiger partial charge < -0.3 is 9.47 Å². The Labute approximate surface area is 177 Å². The van der Waals surface area contributed by atoms with Gasteiger partial charge in [0.2, 0.25) is 5.91 Å². The highest BCUT2D eigenvalue weighted by Gasteiger charge is 2.39. The number of benzene rings is 1. The first-order valence-electron chi connectivity index (χ1n) is 11.2. The lowest BCUT2D eigenvalue weighted by Gasteiger charge is -2.40. The summed E-state index contributed by atoms with van der Waals surface area (Å²) in [6.07, 6.45) is 11.6. The molecule has 30 heavy (non-hydrogen) atoms. The molecule has 2 aliphatic rings. The maximum Gasteiger partial charge on any atom is 0.228 e. The van der Waals surface area contributed by atoms with Gasteiger partial charge in [-0.3, -0.25) is 4.79 Å². The Morgan fingerprint density at radius 2 is 1.90 bits per heavy atom. The highest BCUT2D eigenvalue weighted by Crippen LogP contribution is 2.39. The molecule has 1 aromatic carbocycles. The van der Waals surface area contributed by atoms with E-state index >= 15 is 0 Å². The van der Waals surface area contributed by atoms with Crippen molar-refractivity contribution in [3.63, 3.8) is 0 Å². The average molecular weight is 407 g/mol. The molecule has 1 aliphatic heterocycles. The van der Waals surface area contributed by atoms with Gasteiger partial charge >= 0.3 is 0 Å². The fraction of sp³-hybridized carbons (Fsp3) is 0.565. The zero-order chi connectivity index (χ0) is 20.6. The van der Waals surface area contributed by atoms with Crippen molar-refractivity contribution >= 4 is 16.9 Å². The molecule has 0 unspecified atom stereocenters. The van der Waals surface area contributed by atoms with Gasteiger partial charge in [0, 0.05) is 36.8 Å². The van der Waals surface area contributed by atoms with Gasteiger partial charge in [0.25, 0.3) is 0 Å². The first-order chi connectivity index (χ1) is 14.6. The molecule has 7 heteroatoms. The smallest absolute Gasteiger partial charge is 0.228 e. The Balaban J connectivity index is 1.26. The lowest BCUT2D eigenvalue weighted by Crippen LogP contribution is -2.46. The highest BCUT2D eigenvalue weighted by atomic mass is 16.2. The summed E-state index contributed by atoms with van der Waals surface area (Å²) in [5.41, 5.74) is 1.79. The number of amides is 1. The van der Waals surface area contributed by atoms with E-state index in [0.717, 1.165) is 55.6 Å². The van der Waals surface area contributed by atoms with Crippen LogP contribution in [0.25, 0.3) is 11.0 Å². The van der Waals surface area contributed by atoms with Crippen molar-refractivity contribution in [2.75, 3.05) is 13.1 Å². The molecule has 1 saturated carbocycles. The van der Waals surface area contributed by atoms with Crippen LogP contribution in [0.2, 0.25) is 0 Å². The molecule has 1 aliphatic carbocycles. The SMILES string of the molecule is CC1(C(=O)N2CCC(c3nccn3Cn3nnc4ccccc43)CC2)CCCCC1. The monoisotopic (exact) mass is 406 g/mol. The van der Waals surface area contributed by atoms with Crippen LogP contribution in [0.1, 0.15) is 63.6 Å². The number of carbonyl (C=O) groups excluding carboxylic acids is 1. The first-order valence-corrected chi connectivity index (χ1v) is 11.2. The number of carbonyl (C=O) groups is 1. The van der Waals surface area contributed by atoms with E-state index in [1.54, 1.807) is 0 Å². The third-order valence-electron chi connectivity index (χ3n) is 7.07. The van der Waals surface area contributed by atoms with Crippen LogP contribution in [0.5, 0.6) is 0 Å². The standard InChI is InChI=1S/C23H30N6O/c1-23(11-5-2-6-12-23)22(30)27-14-9-18(10-15-27)21-24-13-16-28(21)17-29-20-8-4-3-7-19(20)25-26-29/h3-4,7-8,13,16,18H,2,5-6,9-12,14-15,17H2,1H3. The van der Waals surface area contributed by atoms with Crippen LogP contribution < -0.4 is 0 Å². The maximum atomic E-state index is 13.2. The van der Waals surface area contributed by atoms with Crippen molar-refractivity contribution in [3.05, 3.63) is 42.5 Å². The zero-order valence-electron chi connectivity index (χ0n) is 17.7. The Morgan fingerprint density at radius 1 is 1.13 bits per heavy atom. The summed E-state index contributed by atoms with van der Waals surface area (Å²) in [6, 6.07) is 8.01. The van der Waals surface area contributed by atoms with Gasteiger partial charge in [0.1, 0.15) is 18.0 Å². The van der Waals surface area contributed by atoms with Crippen molar-refractivity contribution < 1.29 is 4.79 Å². The van der Waals surface area contributed by atoms with E-state index < -0.39 is 0 Å². The summed E-state index contributed by atoms with van der Waals surface area (Å²) in [4.78, 5) is 19.9. The largest absolute Gasteiger partial charge is 0.342 e. The molecule has 2 aromatic heterocycles. The molecule has 0 bridgehead atoms. The fourth-order valence-electron chi connectivity index (χ4n) is 5.23. The second-order valence-electron chi connectivity index (χ2n) is 9.16. The van der Waals surface area contributed by atoms with Gasteiger partial charge in [-0.25, -0.2) is 9.67 Å². The quantitative estimate of drug-likeness (QED) is 0.661. The minimum absolute atomic E-state index is 0.141. The summed E-state index contributed by atoms with van der Waals surface area (Å²) in [5, 5.41) is 8.57. The van der Waals surface area contributed by atoms with Crippen LogP contribution >= 0.6 is 0 Å². The Morgan fingerprint density at radius 3 is 2.70 bits per heavy atom. The topological polar surface area (TPSA) is 68.8 Å². The molecule has 5 rings (SSSR count). The molecule has 0 spiro atoms. The molecule has 0 N–H and O–H groups in total. The van der Waals surface area contributed by atoms with E-state index in [0.29, 0.717) is 18.5 Å². The number of aromatic nitrogens is 5. The van der Waals surface area contributed by atoms with E-state index in [9.17, 15) is 4.79 Å². The van der Waals surface area contributed by atoms with Crippen molar-refractivity contribution in [2.24, 2.45) is 5.41 Å². The van der Waals surface area contributed by atoms with Crippen LogP contribution in [0.15, 0.2) is 36.7 Å². The molecule has 3 heterocycles. The number of hydrogen-bond acceptors (Lipinski definition) is 4.